The molecular formula is C21H24N2O4. The van der Waals surface area contributed by atoms with Crippen molar-refractivity contribution in [2.75, 3.05) is 0 Å². The van der Waals surface area contributed by atoms with Gasteiger partial charge >= 0.3 is 0 Å². The lowest BCUT2D eigenvalue weighted by Crippen LogP contribution is -2.23. The van der Waals surface area contributed by atoms with Crippen LogP contribution in [0.3, 0.4) is 0 Å². The third-order valence-electron chi connectivity index (χ3n) is 4.78. The Morgan fingerprint density at radius 3 is 2.56 bits per heavy atom. The van der Waals surface area contributed by atoms with Gasteiger partial charge in [0.25, 0.3) is 5.69 Å². The molecule has 0 aromatic heterocycles. The first-order chi connectivity index (χ1) is 13.1. The van der Waals surface area contributed by atoms with Crippen molar-refractivity contribution in [1.82, 2.24) is 5.32 Å². The molecule has 6 nitrogen and oxygen atoms in total. The van der Waals surface area contributed by atoms with Gasteiger partial charge < -0.3 is 10.1 Å². The van der Waals surface area contributed by atoms with Crippen molar-refractivity contribution in [2.24, 2.45) is 0 Å². The minimum atomic E-state index is -0.438. The average molecular weight is 368 g/mol. The molecule has 2 aromatic carbocycles. The number of benzene rings is 2. The molecule has 1 aliphatic carbocycles. The molecule has 1 N–H and O–H groups in total. The van der Waals surface area contributed by atoms with Crippen molar-refractivity contribution in [2.45, 2.75) is 51.2 Å². The topological polar surface area (TPSA) is 81.5 Å². The first-order valence-electron chi connectivity index (χ1n) is 9.36. The molecule has 0 radical (unpaired) electrons. The van der Waals surface area contributed by atoms with Gasteiger partial charge in [-0.3, -0.25) is 14.9 Å². The molecule has 0 bridgehead atoms. The van der Waals surface area contributed by atoms with E-state index >= 15 is 0 Å². The van der Waals surface area contributed by atoms with Crippen LogP contribution in [0, 0.1) is 10.1 Å². The van der Waals surface area contributed by atoms with Crippen molar-refractivity contribution >= 4 is 11.6 Å². The van der Waals surface area contributed by atoms with Crippen LogP contribution in [-0.2, 0) is 17.8 Å². The standard InChI is InChI=1S/C21H24N2O4/c24-21(22-15-17-8-11-18(12-9-17)23(25)26)13-10-16-4-3-7-20(14-16)27-19-5-1-2-6-19/h3-4,7-9,11-12,14,19H,1-2,5-6,10,13,15H2,(H,22,24). The van der Waals surface area contributed by atoms with Gasteiger partial charge in [0, 0.05) is 25.1 Å². The summed E-state index contributed by atoms with van der Waals surface area (Å²) in [6, 6.07) is 14.1. The summed E-state index contributed by atoms with van der Waals surface area (Å²) in [5.41, 5.74) is 1.96. The van der Waals surface area contributed by atoms with Crippen LogP contribution < -0.4 is 10.1 Å². The lowest BCUT2D eigenvalue weighted by molar-refractivity contribution is -0.384. The summed E-state index contributed by atoms with van der Waals surface area (Å²) in [6.45, 7) is 0.363. The van der Waals surface area contributed by atoms with Crippen LogP contribution in [0.2, 0.25) is 0 Å². The monoisotopic (exact) mass is 368 g/mol. The van der Waals surface area contributed by atoms with E-state index in [2.05, 4.69) is 5.32 Å². The maximum atomic E-state index is 12.1. The summed E-state index contributed by atoms with van der Waals surface area (Å²) in [6.07, 6.45) is 6.07. The number of nitro benzene ring substituents is 1. The second-order valence-corrected chi connectivity index (χ2v) is 6.87. The fraction of sp³-hybridized carbons (Fsp3) is 0.381. The van der Waals surface area contributed by atoms with Crippen LogP contribution >= 0.6 is 0 Å². The van der Waals surface area contributed by atoms with Crippen molar-refractivity contribution in [3.05, 3.63) is 69.8 Å². The van der Waals surface area contributed by atoms with Crippen molar-refractivity contribution in [3.63, 3.8) is 0 Å². The molecule has 27 heavy (non-hydrogen) atoms. The van der Waals surface area contributed by atoms with Crippen LogP contribution in [0.25, 0.3) is 0 Å². The first kappa shape index (κ1) is 18.9. The molecule has 1 saturated carbocycles. The van der Waals surface area contributed by atoms with Gasteiger partial charge in [-0.05, 0) is 55.4 Å². The van der Waals surface area contributed by atoms with Crippen LogP contribution in [-0.4, -0.2) is 16.9 Å². The maximum Gasteiger partial charge on any atom is 0.269 e. The van der Waals surface area contributed by atoms with Gasteiger partial charge in [0.1, 0.15) is 5.75 Å². The molecule has 0 unspecified atom stereocenters. The van der Waals surface area contributed by atoms with E-state index in [-0.39, 0.29) is 11.6 Å². The van der Waals surface area contributed by atoms with E-state index in [1.165, 1.54) is 25.0 Å². The molecule has 0 spiro atoms. The smallest absolute Gasteiger partial charge is 0.269 e. The molecule has 0 aliphatic heterocycles. The fourth-order valence-electron chi connectivity index (χ4n) is 3.26. The van der Waals surface area contributed by atoms with Gasteiger partial charge in [-0.15, -0.1) is 0 Å². The van der Waals surface area contributed by atoms with Gasteiger partial charge in [0.2, 0.25) is 5.91 Å². The SMILES string of the molecule is O=C(CCc1cccc(OC2CCCC2)c1)NCc1ccc([N+](=O)[O-])cc1. The Morgan fingerprint density at radius 1 is 1.11 bits per heavy atom. The third-order valence-corrected chi connectivity index (χ3v) is 4.78. The zero-order chi connectivity index (χ0) is 19.1. The Morgan fingerprint density at radius 2 is 1.85 bits per heavy atom. The van der Waals surface area contributed by atoms with Crippen LogP contribution in [0.4, 0.5) is 5.69 Å². The zero-order valence-electron chi connectivity index (χ0n) is 15.2. The number of rotatable bonds is 8. The van der Waals surface area contributed by atoms with Gasteiger partial charge in [-0.1, -0.05) is 24.3 Å². The van der Waals surface area contributed by atoms with E-state index in [4.69, 9.17) is 4.74 Å². The molecule has 0 saturated heterocycles. The van der Waals surface area contributed by atoms with Gasteiger partial charge in [0.15, 0.2) is 0 Å². The van der Waals surface area contributed by atoms with E-state index in [9.17, 15) is 14.9 Å². The normalized spacial score (nSPS) is 14.1. The number of hydrogen-bond donors (Lipinski definition) is 1. The van der Waals surface area contributed by atoms with Crippen LogP contribution in [0.15, 0.2) is 48.5 Å². The molecule has 0 atom stereocenters. The third kappa shape index (κ3) is 5.81. The molecule has 142 valence electrons. The average Bonchev–Trinajstić information content (AvgIpc) is 3.18. The fourth-order valence-corrected chi connectivity index (χ4v) is 3.26. The molecule has 0 heterocycles. The van der Waals surface area contributed by atoms with E-state index in [0.717, 1.165) is 29.7 Å². The lowest BCUT2D eigenvalue weighted by atomic mass is 10.1. The number of nitrogens with one attached hydrogen (secondary N) is 1. The van der Waals surface area contributed by atoms with Crippen molar-refractivity contribution < 1.29 is 14.5 Å². The summed E-state index contributed by atoms with van der Waals surface area (Å²) in [4.78, 5) is 22.3. The highest BCUT2D eigenvalue weighted by Gasteiger charge is 2.16. The van der Waals surface area contributed by atoms with Crippen LogP contribution in [0.1, 0.15) is 43.2 Å². The summed E-state index contributed by atoms with van der Waals surface area (Å²) in [5, 5.41) is 13.5. The van der Waals surface area contributed by atoms with Gasteiger partial charge in [-0.2, -0.15) is 0 Å². The predicted octanol–water partition coefficient (Wildman–Crippen LogP) is 4.17. The number of hydrogen-bond acceptors (Lipinski definition) is 4. The van der Waals surface area contributed by atoms with Crippen LogP contribution in [0.5, 0.6) is 5.75 Å². The Bertz CT molecular complexity index is 783. The number of aryl methyl sites for hydroxylation is 1. The Kier molecular flexibility index (Phi) is 6.41. The molecule has 2 aromatic rings. The molecule has 6 heteroatoms. The highest BCUT2D eigenvalue weighted by atomic mass is 16.6. The summed E-state index contributed by atoms with van der Waals surface area (Å²) >= 11 is 0. The Hall–Kier alpha value is -2.89. The Balaban J connectivity index is 1.44. The predicted molar refractivity (Wildman–Crippen MR) is 103 cm³/mol. The highest BCUT2D eigenvalue weighted by molar-refractivity contribution is 5.76. The zero-order valence-corrected chi connectivity index (χ0v) is 15.2. The number of carbonyl (C=O) groups excluding carboxylic acids is 1. The number of non-ortho nitro benzene ring substituents is 1. The summed E-state index contributed by atoms with van der Waals surface area (Å²) in [5.74, 6) is 0.834. The number of ether oxygens (including phenoxy) is 1. The van der Waals surface area contributed by atoms with E-state index < -0.39 is 4.92 Å². The van der Waals surface area contributed by atoms with E-state index in [0.29, 0.717) is 25.5 Å². The summed E-state index contributed by atoms with van der Waals surface area (Å²) in [7, 11) is 0. The number of nitro groups is 1. The Labute approximate surface area is 158 Å². The van der Waals surface area contributed by atoms with E-state index in [1.54, 1.807) is 12.1 Å². The first-order valence-corrected chi connectivity index (χ1v) is 9.36. The minimum absolute atomic E-state index is 0.0459. The lowest BCUT2D eigenvalue weighted by Gasteiger charge is -2.13. The molecule has 1 amide bonds. The molecule has 1 fully saturated rings. The van der Waals surface area contributed by atoms with Crippen molar-refractivity contribution in [3.8, 4) is 5.75 Å². The second-order valence-electron chi connectivity index (χ2n) is 6.87. The van der Waals surface area contributed by atoms with Gasteiger partial charge in [0.05, 0.1) is 11.0 Å². The number of amides is 1. The van der Waals surface area contributed by atoms with Crippen molar-refractivity contribution in [1.29, 1.82) is 0 Å². The minimum Gasteiger partial charge on any atom is -0.490 e. The largest absolute Gasteiger partial charge is 0.490 e. The molecule has 3 rings (SSSR count). The highest BCUT2D eigenvalue weighted by Crippen LogP contribution is 2.24. The molecule has 1 aliphatic rings. The maximum absolute atomic E-state index is 12.1. The number of carbonyl (C=O) groups is 1. The summed E-state index contributed by atoms with van der Waals surface area (Å²) < 4.78 is 6.01. The number of nitrogens with zero attached hydrogens (tertiary/aromatic N) is 1. The quantitative estimate of drug-likeness (QED) is 0.560. The molecular weight excluding hydrogens is 344 g/mol. The second kappa shape index (κ2) is 9.16. The van der Waals surface area contributed by atoms with Gasteiger partial charge in [-0.25, -0.2) is 0 Å². The van der Waals surface area contributed by atoms with E-state index in [1.807, 2.05) is 24.3 Å².